The number of hydrogen-bond donors (Lipinski definition) is 1. The van der Waals surface area contributed by atoms with Gasteiger partial charge in [0, 0.05) is 43.5 Å². The molecule has 32 heavy (non-hydrogen) atoms. The van der Waals surface area contributed by atoms with Crippen molar-refractivity contribution in [2.24, 2.45) is 11.3 Å². The summed E-state index contributed by atoms with van der Waals surface area (Å²) in [4.78, 5) is 30.5. The Morgan fingerprint density at radius 3 is 2.81 bits per heavy atom. The third-order valence-electron chi connectivity index (χ3n) is 8.33. The highest BCUT2D eigenvalue weighted by Crippen LogP contribution is 2.66. The van der Waals surface area contributed by atoms with Crippen molar-refractivity contribution in [3.05, 3.63) is 53.0 Å². The van der Waals surface area contributed by atoms with Gasteiger partial charge in [-0.2, -0.15) is 0 Å². The van der Waals surface area contributed by atoms with Crippen molar-refractivity contribution in [3.8, 4) is 11.1 Å². The Labute approximate surface area is 188 Å². The van der Waals surface area contributed by atoms with Crippen LogP contribution in [-0.4, -0.2) is 23.9 Å². The first-order chi connectivity index (χ1) is 15.5. The predicted octanol–water partition coefficient (Wildman–Crippen LogP) is 4.53. The lowest BCUT2D eigenvalue weighted by Gasteiger charge is -2.61. The number of carbonyl (C=O) groups excluding carboxylic acids is 2. The molecule has 2 aromatic rings. The standard InChI is InChI=1S/C27H29N3O2/c1-30-20(16-31)7-5-19-9-18(6-8-25(19)30)22-14-28-15-23-21(22)3-2-4-24(23)29-26(32)13-27-10-17(11-27)12-27/h6,8-9,14-15,17,24H,2-5,7,10-13H2,1H3,(H,29,32)/t17?,24-,27?/m1/s1. The van der Waals surface area contributed by atoms with Crippen LogP contribution in [0.15, 0.2) is 36.3 Å². The number of allylic oxidation sites excluding steroid dienone is 1. The maximum absolute atomic E-state index is 12.8. The lowest BCUT2D eigenvalue weighted by atomic mass is 9.43. The van der Waals surface area contributed by atoms with Gasteiger partial charge in [0.1, 0.15) is 11.6 Å². The lowest BCUT2D eigenvalue weighted by molar-refractivity contribution is -0.144. The van der Waals surface area contributed by atoms with Crippen LogP contribution in [0, 0.1) is 11.3 Å². The van der Waals surface area contributed by atoms with E-state index >= 15 is 0 Å². The molecule has 1 aromatic carbocycles. The van der Waals surface area contributed by atoms with Crippen LogP contribution in [0.2, 0.25) is 0 Å². The van der Waals surface area contributed by atoms with Crippen molar-refractivity contribution in [2.75, 3.05) is 11.9 Å². The Bertz CT molecular complexity index is 1150. The van der Waals surface area contributed by atoms with Crippen LogP contribution < -0.4 is 10.2 Å². The molecule has 2 bridgehead atoms. The Kier molecular flexibility index (Phi) is 4.51. The van der Waals surface area contributed by atoms with Gasteiger partial charge < -0.3 is 10.2 Å². The second-order valence-electron chi connectivity index (χ2n) is 10.4. The minimum absolute atomic E-state index is 0.0649. The van der Waals surface area contributed by atoms with Crippen LogP contribution in [0.25, 0.3) is 11.1 Å². The van der Waals surface area contributed by atoms with Crippen molar-refractivity contribution in [3.63, 3.8) is 0 Å². The molecule has 1 amide bonds. The van der Waals surface area contributed by atoms with Crippen molar-refractivity contribution in [1.82, 2.24) is 10.3 Å². The molecule has 5 aliphatic rings. The number of hydrogen-bond acceptors (Lipinski definition) is 4. The fraction of sp³-hybridized carbons (Fsp3) is 0.481. The molecule has 1 aliphatic heterocycles. The second kappa shape index (κ2) is 7.31. The molecule has 0 spiro atoms. The zero-order valence-corrected chi connectivity index (χ0v) is 18.6. The van der Waals surface area contributed by atoms with Gasteiger partial charge >= 0.3 is 0 Å². The van der Waals surface area contributed by atoms with Crippen LogP contribution in [-0.2, 0) is 22.4 Å². The summed E-state index contributed by atoms with van der Waals surface area (Å²) in [6, 6.07) is 6.54. The quantitative estimate of drug-likeness (QED) is 0.728. The maximum atomic E-state index is 12.8. The zero-order chi connectivity index (χ0) is 21.9. The number of fused-ring (bicyclic) bond motifs is 2. The third-order valence-corrected chi connectivity index (χ3v) is 8.33. The highest BCUT2D eigenvalue weighted by Gasteiger charge is 2.57. The number of amides is 1. The van der Waals surface area contributed by atoms with Gasteiger partial charge in [0.2, 0.25) is 5.91 Å². The van der Waals surface area contributed by atoms with E-state index in [0.717, 1.165) is 43.7 Å². The molecule has 5 nitrogen and oxygen atoms in total. The SMILES string of the molecule is CN1C(=C=O)CCc2cc(-c3cncc4c3CCC[C@H]4NC(=O)CC34CC(C3)C4)ccc21. The highest BCUT2D eigenvalue weighted by molar-refractivity contribution is 5.79. The summed E-state index contributed by atoms with van der Waals surface area (Å²) in [7, 11) is 1.93. The number of aromatic nitrogens is 1. The summed E-state index contributed by atoms with van der Waals surface area (Å²) >= 11 is 0. The number of aryl methyl sites for hydroxylation is 1. The first-order valence-corrected chi connectivity index (χ1v) is 11.9. The van der Waals surface area contributed by atoms with E-state index in [-0.39, 0.29) is 11.9 Å². The molecule has 0 radical (unpaired) electrons. The van der Waals surface area contributed by atoms with E-state index in [4.69, 9.17) is 0 Å². The number of anilines is 1. The van der Waals surface area contributed by atoms with Crippen LogP contribution in [0.3, 0.4) is 0 Å². The summed E-state index contributed by atoms with van der Waals surface area (Å²) in [5, 5.41) is 3.34. The minimum Gasteiger partial charge on any atom is -0.349 e. The number of carbonyl (C=O) groups is 1. The topological polar surface area (TPSA) is 62.3 Å². The molecule has 1 aromatic heterocycles. The first-order valence-electron chi connectivity index (χ1n) is 11.9. The predicted molar refractivity (Wildman–Crippen MR) is 124 cm³/mol. The van der Waals surface area contributed by atoms with E-state index in [1.165, 1.54) is 47.1 Å². The summed E-state index contributed by atoms with van der Waals surface area (Å²) in [6.07, 6.45) is 13.0. The summed E-state index contributed by atoms with van der Waals surface area (Å²) in [5.74, 6) is 3.19. The normalized spacial score (nSPS) is 27.4. The molecule has 0 saturated heterocycles. The molecule has 3 fully saturated rings. The van der Waals surface area contributed by atoms with Gasteiger partial charge in [0.05, 0.1) is 6.04 Å². The highest BCUT2D eigenvalue weighted by atomic mass is 16.1. The van der Waals surface area contributed by atoms with E-state index < -0.39 is 0 Å². The van der Waals surface area contributed by atoms with Crippen LogP contribution >= 0.6 is 0 Å². The summed E-state index contributed by atoms with van der Waals surface area (Å²) in [6.45, 7) is 0. The van der Waals surface area contributed by atoms with Gasteiger partial charge in [-0.05, 0) is 90.7 Å². The van der Waals surface area contributed by atoms with Crippen molar-refractivity contribution in [1.29, 1.82) is 0 Å². The molecule has 164 valence electrons. The number of pyridine rings is 1. The molecule has 2 heterocycles. The summed E-state index contributed by atoms with van der Waals surface area (Å²) in [5.41, 5.74) is 8.21. The van der Waals surface area contributed by atoms with Gasteiger partial charge in [-0.1, -0.05) is 6.07 Å². The molecule has 3 saturated carbocycles. The molecule has 0 unspecified atom stereocenters. The average Bonchev–Trinajstić information content (AvgIpc) is 2.75. The molecule has 4 aliphatic carbocycles. The van der Waals surface area contributed by atoms with E-state index in [1.807, 2.05) is 24.3 Å². The van der Waals surface area contributed by atoms with Gasteiger partial charge in [0.15, 0.2) is 0 Å². The lowest BCUT2D eigenvalue weighted by Crippen LogP contribution is -2.53. The van der Waals surface area contributed by atoms with E-state index in [1.54, 1.807) is 0 Å². The van der Waals surface area contributed by atoms with Crippen molar-refractivity contribution < 1.29 is 9.59 Å². The fourth-order valence-electron chi connectivity index (χ4n) is 6.55. The van der Waals surface area contributed by atoms with Gasteiger partial charge in [-0.3, -0.25) is 9.78 Å². The van der Waals surface area contributed by atoms with Gasteiger partial charge in [-0.15, -0.1) is 0 Å². The van der Waals surface area contributed by atoms with Gasteiger partial charge in [0.25, 0.3) is 0 Å². The Morgan fingerprint density at radius 2 is 2.06 bits per heavy atom. The first kappa shape index (κ1) is 19.8. The summed E-state index contributed by atoms with van der Waals surface area (Å²) < 4.78 is 0. The monoisotopic (exact) mass is 427 g/mol. The molecular formula is C27H29N3O2. The number of nitrogens with zero attached hydrogens (tertiary/aromatic N) is 2. The molecule has 7 rings (SSSR count). The molecule has 1 N–H and O–H groups in total. The smallest absolute Gasteiger partial charge is 0.221 e. The number of rotatable bonds is 4. The minimum atomic E-state index is 0.0649. The molecular weight excluding hydrogens is 398 g/mol. The van der Waals surface area contributed by atoms with Crippen LogP contribution in [0.1, 0.15) is 67.7 Å². The molecule has 1 atom stereocenters. The number of benzene rings is 1. The van der Waals surface area contributed by atoms with Crippen LogP contribution in [0.5, 0.6) is 0 Å². The maximum Gasteiger partial charge on any atom is 0.221 e. The Balaban J connectivity index is 1.27. The number of nitrogens with one attached hydrogen (secondary N) is 1. The Hall–Kier alpha value is -2.91. The van der Waals surface area contributed by atoms with E-state index in [9.17, 15) is 9.59 Å². The Morgan fingerprint density at radius 1 is 1.22 bits per heavy atom. The average molecular weight is 428 g/mol. The second-order valence-corrected chi connectivity index (χ2v) is 10.4. The van der Waals surface area contributed by atoms with Crippen molar-refractivity contribution in [2.45, 2.75) is 63.8 Å². The van der Waals surface area contributed by atoms with Crippen molar-refractivity contribution >= 4 is 17.5 Å². The van der Waals surface area contributed by atoms with E-state index in [0.29, 0.717) is 17.5 Å². The fourth-order valence-corrected chi connectivity index (χ4v) is 6.55. The van der Waals surface area contributed by atoms with Gasteiger partial charge in [-0.25, -0.2) is 4.79 Å². The van der Waals surface area contributed by atoms with Crippen LogP contribution in [0.4, 0.5) is 5.69 Å². The third kappa shape index (κ3) is 3.10. The van der Waals surface area contributed by atoms with E-state index in [2.05, 4.69) is 34.4 Å². The zero-order valence-electron chi connectivity index (χ0n) is 18.6. The molecule has 5 heteroatoms. The largest absolute Gasteiger partial charge is 0.349 e.